The summed E-state index contributed by atoms with van der Waals surface area (Å²) in [5.41, 5.74) is 0. The molecule has 2 aromatic rings. The van der Waals surface area contributed by atoms with Crippen LogP contribution in [-0.4, -0.2) is 57.9 Å². The molecule has 0 bridgehead atoms. The summed E-state index contributed by atoms with van der Waals surface area (Å²) in [5, 5.41) is 10.4. The Bertz CT molecular complexity index is 764. The highest BCUT2D eigenvalue weighted by Crippen LogP contribution is 2.30. The van der Waals surface area contributed by atoms with Gasteiger partial charge in [0.1, 0.15) is 18.0 Å². The molecular weight excluding hydrogens is 329 g/mol. The first kappa shape index (κ1) is 17.2. The molecule has 1 aromatic heterocycles. The lowest BCUT2D eigenvalue weighted by Crippen LogP contribution is -2.51. The van der Waals surface area contributed by atoms with E-state index >= 15 is 0 Å². The fourth-order valence-corrected chi connectivity index (χ4v) is 2.85. The number of nitrogens with zero attached hydrogens (tertiary/aromatic N) is 3. The Kier molecular flexibility index (Phi) is 4.89. The molecule has 0 saturated carbocycles. The number of aromatic nitrogens is 2. The molecule has 0 spiro atoms. The van der Waals surface area contributed by atoms with E-state index in [-0.39, 0.29) is 18.2 Å². The van der Waals surface area contributed by atoms with E-state index in [0.717, 1.165) is 0 Å². The predicted octanol–water partition coefficient (Wildman–Crippen LogP) is 1.22. The van der Waals surface area contributed by atoms with Crippen LogP contribution in [0, 0.1) is 5.82 Å². The molecule has 7 nitrogen and oxygen atoms in total. The van der Waals surface area contributed by atoms with Gasteiger partial charge in [0.15, 0.2) is 17.3 Å². The molecule has 0 unspecified atom stereocenters. The molecule has 8 heteroatoms. The Labute approximate surface area is 144 Å². The van der Waals surface area contributed by atoms with Crippen molar-refractivity contribution in [2.75, 3.05) is 20.2 Å². The average Bonchev–Trinajstić information content (AvgIpc) is 3.03. The molecule has 1 aromatic carbocycles. The van der Waals surface area contributed by atoms with Crippen molar-refractivity contribution in [2.24, 2.45) is 7.05 Å². The van der Waals surface area contributed by atoms with Crippen LogP contribution in [0.25, 0.3) is 0 Å². The van der Waals surface area contributed by atoms with Crippen LogP contribution >= 0.6 is 0 Å². The van der Waals surface area contributed by atoms with Crippen LogP contribution in [0.1, 0.15) is 17.0 Å². The molecule has 2 heterocycles. The number of carbonyl (C=O) groups excluding carboxylic acids is 1. The highest BCUT2D eigenvalue weighted by atomic mass is 19.1. The minimum absolute atomic E-state index is 0.139. The van der Waals surface area contributed by atoms with Gasteiger partial charge in [-0.15, -0.1) is 0 Å². The van der Waals surface area contributed by atoms with Crippen LogP contribution in [0.15, 0.2) is 30.6 Å². The lowest BCUT2D eigenvalue weighted by molar-refractivity contribution is -0.0211. The summed E-state index contributed by atoms with van der Waals surface area (Å²) in [6.45, 7) is 0.566. The fourth-order valence-electron chi connectivity index (χ4n) is 2.85. The van der Waals surface area contributed by atoms with E-state index < -0.39 is 18.0 Å². The molecule has 25 heavy (non-hydrogen) atoms. The molecule has 1 N–H and O–H groups in total. The SMILES string of the molecule is COc1cc(F)ccc1O[C@@H]1CCN(C(=O)c2nccn2C)C[C@H]1O. The number of ether oxygens (including phenoxy) is 2. The number of halogens is 1. The highest BCUT2D eigenvalue weighted by molar-refractivity contribution is 5.90. The first-order valence-corrected chi connectivity index (χ1v) is 7.94. The molecule has 134 valence electrons. The molecule has 3 rings (SSSR count). The summed E-state index contributed by atoms with van der Waals surface area (Å²) in [5.74, 6) is 0.284. The minimum atomic E-state index is -0.868. The number of aryl methyl sites for hydroxylation is 1. The van der Waals surface area contributed by atoms with Crippen LogP contribution in [0.3, 0.4) is 0 Å². The summed E-state index contributed by atoms with van der Waals surface area (Å²) in [6, 6.07) is 3.96. The molecule has 1 aliphatic heterocycles. The highest BCUT2D eigenvalue weighted by Gasteiger charge is 2.33. The standard InChI is InChI=1S/C17H20FN3O4/c1-20-8-6-19-16(20)17(23)21-7-5-13(12(22)10-21)25-14-4-3-11(18)9-15(14)24-2/h3-4,6,8-9,12-13,22H,5,7,10H2,1-2H3/t12-,13-/m1/s1. The number of β-amino-alcohol motifs (C(OH)–C–C–N with tert-alkyl or cyclic N) is 1. The largest absolute Gasteiger partial charge is 0.493 e. The van der Waals surface area contributed by atoms with Gasteiger partial charge in [-0.25, -0.2) is 9.37 Å². The Morgan fingerprint density at radius 2 is 2.20 bits per heavy atom. The van der Waals surface area contributed by atoms with Crippen LogP contribution < -0.4 is 9.47 Å². The lowest BCUT2D eigenvalue weighted by Gasteiger charge is -2.35. The van der Waals surface area contributed by atoms with Crippen molar-refractivity contribution in [3.63, 3.8) is 0 Å². The van der Waals surface area contributed by atoms with E-state index in [2.05, 4.69) is 4.98 Å². The second-order valence-electron chi connectivity index (χ2n) is 5.92. The van der Waals surface area contributed by atoms with Gasteiger partial charge in [0, 0.05) is 38.5 Å². The van der Waals surface area contributed by atoms with Gasteiger partial charge in [-0.05, 0) is 12.1 Å². The van der Waals surface area contributed by atoms with Gasteiger partial charge in [-0.2, -0.15) is 0 Å². The van der Waals surface area contributed by atoms with Gasteiger partial charge < -0.3 is 24.0 Å². The number of methoxy groups -OCH3 is 1. The smallest absolute Gasteiger partial charge is 0.289 e. The van der Waals surface area contributed by atoms with Crippen molar-refractivity contribution in [3.05, 3.63) is 42.2 Å². The monoisotopic (exact) mass is 349 g/mol. The van der Waals surface area contributed by atoms with Crippen LogP contribution in [-0.2, 0) is 7.05 Å². The second kappa shape index (κ2) is 7.10. The van der Waals surface area contributed by atoms with E-state index in [1.165, 1.54) is 25.3 Å². The molecule has 0 radical (unpaired) electrons. The Morgan fingerprint density at radius 3 is 2.84 bits per heavy atom. The van der Waals surface area contributed by atoms with Gasteiger partial charge in [0.25, 0.3) is 5.91 Å². The summed E-state index contributed by atoms with van der Waals surface area (Å²) in [4.78, 5) is 18.0. The van der Waals surface area contributed by atoms with E-state index in [1.807, 2.05) is 0 Å². The van der Waals surface area contributed by atoms with Gasteiger partial charge in [-0.1, -0.05) is 0 Å². The number of aliphatic hydroxyl groups excluding tert-OH is 1. The van der Waals surface area contributed by atoms with Crippen molar-refractivity contribution < 1.29 is 23.8 Å². The third-order valence-corrected chi connectivity index (χ3v) is 4.22. The normalized spacial score (nSPS) is 20.4. The van der Waals surface area contributed by atoms with Gasteiger partial charge in [0.2, 0.25) is 0 Å². The summed E-state index contributed by atoms with van der Waals surface area (Å²) >= 11 is 0. The predicted molar refractivity (Wildman–Crippen MR) is 87.1 cm³/mol. The van der Waals surface area contributed by atoms with E-state index in [0.29, 0.717) is 24.5 Å². The minimum Gasteiger partial charge on any atom is -0.493 e. The maximum Gasteiger partial charge on any atom is 0.289 e. The molecule has 1 saturated heterocycles. The number of rotatable bonds is 4. The van der Waals surface area contributed by atoms with Crippen molar-refractivity contribution in [1.82, 2.24) is 14.5 Å². The Balaban J connectivity index is 1.66. The summed E-state index contributed by atoms with van der Waals surface area (Å²) in [6.07, 6.45) is 2.32. The van der Waals surface area contributed by atoms with Gasteiger partial charge in [0.05, 0.1) is 13.7 Å². The summed E-state index contributed by atoms with van der Waals surface area (Å²) < 4.78 is 25.8. The second-order valence-corrected chi connectivity index (χ2v) is 5.92. The van der Waals surface area contributed by atoms with Gasteiger partial charge in [-0.3, -0.25) is 4.79 Å². The third-order valence-electron chi connectivity index (χ3n) is 4.22. The maximum atomic E-state index is 13.3. The number of likely N-dealkylation sites (tertiary alicyclic amines) is 1. The van der Waals surface area contributed by atoms with Gasteiger partial charge >= 0.3 is 0 Å². The number of carbonyl (C=O) groups is 1. The van der Waals surface area contributed by atoms with Crippen molar-refractivity contribution in [1.29, 1.82) is 0 Å². The first-order chi connectivity index (χ1) is 12.0. The number of hydrogen-bond donors (Lipinski definition) is 1. The van der Waals surface area contributed by atoms with E-state index in [1.54, 1.807) is 28.9 Å². The molecule has 2 atom stereocenters. The number of amides is 1. The Morgan fingerprint density at radius 1 is 1.40 bits per heavy atom. The zero-order valence-electron chi connectivity index (χ0n) is 14.1. The van der Waals surface area contributed by atoms with E-state index in [4.69, 9.17) is 9.47 Å². The zero-order valence-corrected chi connectivity index (χ0v) is 14.1. The topological polar surface area (TPSA) is 76.8 Å². The van der Waals surface area contributed by atoms with Crippen LogP contribution in [0.2, 0.25) is 0 Å². The van der Waals surface area contributed by atoms with E-state index in [9.17, 15) is 14.3 Å². The third kappa shape index (κ3) is 3.58. The number of aliphatic hydroxyl groups is 1. The van der Waals surface area contributed by atoms with Crippen LogP contribution in [0.4, 0.5) is 4.39 Å². The maximum absolute atomic E-state index is 13.3. The molecular formula is C17H20FN3O4. The molecule has 1 aliphatic rings. The summed E-state index contributed by atoms with van der Waals surface area (Å²) in [7, 11) is 3.17. The van der Waals surface area contributed by atoms with Crippen molar-refractivity contribution in [2.45, 2.75) is 18.6 Å². The first-order valence-electron chi connectivity index (χ1n) is 7.94. The number of benzene rings is 1. The molecule has 1 fully saturated rings. The van der Waals surface area contributed by atoms with Crippen molar-refractivity contribution in [3.8, 4) is 11.5 Å². The lowest BCUT2D eigenvalue weighted by atomic mass is 10.0. The van der Waals surface area contributed by atoms with Crippen molar-refractivity contribution >= 4 is 5.91 Å². The zero-order chi connectivity index (χ0) is 18.0. The Hall–Kier alpha value is -2.61. The molecule has 0 aliphatic carbocycles. The van der Waals surface area contributed by atoms with Crippen LogP contribution in [0.5, 0.6) is 11.5 Å². The average molecular weight is 349 g/mol. The number of imidazole rings is 1. The quantitative estimate of drug-likeness (QED) is 0.898. The fraction of sp³-hybridized carbons (Fsp3) is 0.412. The molecule has 1 amide bonds. The number of piperidine rings is 1. The number of hydrogen-bond acceptors (Lipinski definition) is 5.